The molecule has 1 N–H and O–H groups in total. The summed E-state index contributed by atoms with van der Waals surface area (Å²) in [7, 11) is 1.65. The van der Waals surface area contributed by atoms with Crippen LogP contribution in [-0.4, -0.2) is 22.3 Å². The maximum atomic E-state index is 9.00. The van der Waals surface area contributed by atoms with Gasteiger partial charge >= 0.3 is 0 Å². The smallest absolute Gasteiger partial charge is 0.182 e. The van der Waals surface area contributed by atoms with Crippen LogP contribution in [0.15, 0.2) is 60.8 Å². The molecule has 0 amide bonds. The average Bonchev–Trinajstić information content (AvgIpc) is 3.12. The number of aromatic nitrogens is 3. The Morgan fingerprint density at radius 2 is 1.80 bits per heavy atom. The minimum Gasteiger partial charge on any atom is -0.496 e. The fraction of sp³-hybridized carbons (Fsp3) is 0.0500. The molecular weight excluding hydrogens is 312 g/mol. The normalized spacial score (nSPS) is 10.6. The van der Waals surface area contributed by atoms with Crippen molar-refractivity contribution in [1.29, 1.82) is 5.26 Å². The van der Waals surface area contributed by atoms with Crippen molar-refractivity contribution in [3.63, 3.8) is 0 Å². The number of aromatic amines is 1. The average molecular weight is 326 g/mol. The molecule has 5 heteroatoms. The molecule has 0 aliphatic rings. The Balaban J connectivity index is 1.97. The summed E-state index contributed by atoms with van der Waals surface area (Å²) < 4.78 is 5.49. The molecule has 4 rings (SSSR count). The molecule has 2 aromatic heterocycles. The molecule has 5 nitrogen and oxygen atoms in total. The molecule has 0 atom stereocenters. The Labute approximate surface area is 144 Å². The molecule has 0 spiro atoms. The molecule has 120 valence electrons. The van der Waals surface area contributed by atoms with Gasteiger partial charge in [-0.15, -0.1) is 0 Å². The first-order chi connectivity index (χ1) is 12.3. The van der Waals surface area contributed by atoms with Gasteiger partial charge in [0, 0.05) is 11.8 Å². The number of H-pyrrole nitrogens is 1. The van der Waals surface area contributed by atoms with Gasteiger partial charge in [-0.2, -0.15) is 10.4 Å². The maximum Gasteiger partial charge on any atom is 0.182 e. The number of hydrogen-bond acceptors (Lipinski definition) is 4. The van der Waals surface area contributed by atoms with Crippen molar-refractivity contribution in [2.75, 3.05) is 7.11 Å². The van der Waals surface area contributed by atoms with Crippen LogP contribution in [0.2, 0.25) is 0 Å². The third-order valence-electron chi connectivity index (χ3n) is 4.16. The van der Waals surface area contributed by atoms with Gasteiger partial charge in [0.05, 0.1) is 29.8 Å². The summed E-state index contributed by atoms with van der Waals surface area (Å²) in [5, 5.41) is 17.4. The minimum absolute atomic E-state index is 0.631. The SMILES string of the molecule is COc1ccccc1-c1[nH]nc2nccc(-c3ccc(C#N)cc3)c12. The number of nitriles is 1. The highest BCUT2D eigenvalue weighted by Gasteiger charge is 2.16. The maximum absolute atomic E-state index is 9.00. The van der Waals surface area contributed by atoms with E-state index in [2.05, 4.69) is 21.3 Å². The van der Waals surface area contributed by atoms with E-state index in [9.17, 15) is 0 Å². The van der Waals surface area contributed by atoms with Gasteiger partial charge in [-0.25, -0.2) is 4.98 Å². The van der Waals surface area contributed by atoms with Crippen molar-refractivity contribution >= 4 is 11.0 Å². The summed E-state index contributed by atoms with van der Waals surface area (Å²) in [5.41, 5.74) is 5.07. The van der Waals surface area contributed by atoms with Crippen LogP contribution in [0.4, 0.5) is 0 Å². The number of benzene rings is 2. The van der Waals surface area contributed by atoms with Crippen LogP contribution < -0.4 is 4.74 Å². The van der Waals surface area contributed by atoms with Crippen molar-refractivity contribution < 1.29 is 4.74 Å². The highest BCUT2D eigenvalue weighted by atomic mass is 16.5. The van der Waals surface area contributed by atoms with Crippen molar-refractivity contribution in [3.05, 3.63) is 66.4 Å². The largest absolute Gasteiger partial charge is 0.496 e. The number of nitrogens with zero attached hydrogens (tertiary/aromatic N) is 3. The zero-order chi connectivity index (χ0) is 17.2. The van der Waals surface area contributed by atoms with Crippen molar-refractivity contribution in [3.8, 4) is 34.2 Å². The summed E-state index contributed by atoms with van der Waals surface area (Å²) >= 11 is 0. The number of hydrogen-bond donors (Lipinski definition) is 1. The quantitative estimate of drug-likeness (QED) is 0.613. The van der Waals surface area contributed by atoms with Gasteiger partial charge < -0.3 is 4.74 Å². The molecule has 25 heavy (non-hydrogen) atoms. The number of para-hydroxylation sites is 1. The van der Waals surface area contributed by atoms with Crippen LogP contribution in [0.3, 0.4) is 0 Å². The molecule has 4 aromatic rings. The molecule has 0 saturated carbocycles. The molecule has 0 saturated heterocycles. The summed E-state index contributed by atoms with van der Waals surface area (Å²) in [5.74, 6) is 0.766. The van der Waals surface area contributed by atoms with Gasteiger partial charge in [0.25, 0.3) is 0 Å². The molecule has 0 unspecified atom stereocenters. The van der Waals surface area contributed by atoms with Crippen LogP contribution in [-0.2, 0) is 0 Å². The van der Waals surface area contributed by atoms with Gasteiger partial charge in [-0.3, -0.25) is 5.10 Å². The van der Waals surface area contributed by atoms with Crippen LogP contribution in [0.25, 0.3) is 33.4 Å². The molecule has 0 aliphatic heterocycles. The van der Waals surface area contributed by atoms with Crippen LogP contribution in [0.5, 0.6) is 5.75 Å². The first-order valence-electron chi connectivity index (χ1n) is 7.79. The van der Waals surface area contributed by atoms with E-state index in [1.54, 1.807) is 13.3 Å². The lowest BCUT2D eigenvalue weighted by Gasteiger charge is -2.09. The van der Waals surface area contributed by atoms with Crippen LogP contribution in [0, 0.1) is 11.3 Å². The fourth-order valence-electron chi connectivity index (χ4n) is 2.96. The van der Waals surface area contributed by atoms with Crippen molar-refractivity contribution in [2.45, 2.75) is 0 Å². The molecule has 2 heterocycles. The lowest BCUT2D eigenvalue weighted by molar-refractivity contribution is 0.416. The summed E-state index contributed by atoms with van der Waals surface area (Å²) in [6, 6.07) is 19.4. The Morgan fingerprint density at radius 1 is 1.00 bits per heavy atom. The van der Waals surface area contributed by atoms with Crippen molar-refractivity contribution in [2.24, 2.45) is 0 Å². The number of fused-ring (bicyclic) bond motifs is 1. The predicted molar refractivity (Wildman–Crippen MR) is 96.0 cm³/mol. The monoisotopic (exact) mass is 326 g/mol. The number of nitrogens with one attached hydrogen (secondary N) is 1. The van der Waals surface area contributed by atoms with Gasteiger partial charge in [-0.1, -0.05) is 24.3 Å². The molecule has 0 radical (unpaired) electrons. The standard InChI is InChI=1S/C20H14N4O/c1-25-17-5-3-2-4-16(17)19-18-15(10-11-22-20(18)24-23-19)14-8-6-13(12-21)7-9-14/h2-11H,1H3,(H,22,23,24). The third kappa shape index (κ3) is 2.50. The second kappa shape index (κ2) is 6.10. The van der Waals surface area contributed by atoms with E-state index < -0.39 is 0 Å². The first kappa shape index (κ1) is 14.9. The van der Waals surface area contributed by atoms with Crippen LogP contribution >= 0.6 is 0 Å². The van der Waals surface area contributed by atoms with Crippen LogP contribution in [0.1, 0.15) is 5.56 Å². The van der Waals surface area contributed by atoms with Crippen molar-refractivity contribution in [1.82, 2.24) is 15.2 Å². The minimum atomic E-state index is 0.631. The van der Waals surface area contributed by atoms with E-state index >= 15 is 0 Å². The van der Waals surface area contributed by atoms with E-state index in [1.165, 1.54) is 0 Å². The highest BCUT2D eigenvalue weighted by molar-refractivity contribution is 6.03. The van der Waals surface area contributed by atoms with E-state index in [4.69, 9.17) is 10.00 Å². The molecular formula is C20H14N4O. The fourth-order valence-corrected chi connectivity index (χ4v) is 2.96. The Kier molecular flexibility index (Phi) is 3.64. The van der Waals surface area contributed by atoms with E-state index in [0.717, 1.165) is 33.5 Å². The highest BCUT2D eigenvalue weighted by Crippen LogP contribution is 2.37. The zero-order valence-electron chi connectivity index (χ0n) is 13.5. The Hall–Kier alpha value is -3.65. The zero-order valence-corrected chi connectivity index (χ0v) is 13.5. The number of methoxy groups -OCH3 is 1. The third-order valence-corrected chi connectivity index (χ3v) is 4.16. The second-order valence-corrected chi connectivity index (χ2v) is 5.55. The van der Waals surface area contributed by atoms with Gasteiger partial charge in [-0.05, 0) is 41.5 Å². The molecule has 2 aromatic carbocycles. The van der Waals surface area contributed by atoms with Gasteiger partial charge in [0.1, 0.15) is 5.75 Å². The lowest BCUT2D eigenvalue weighted by Crippen LogP contribution is -1.89. The Bertz CT molecular complexity index is 1090. The topological polar surface area (TPSA) is 74.6 Å². The number of pyridine rings is 1. The number of rotatable bonds is 3. The van der Waals surface area contributed by atoms with E-state index in [0.29, 0.717) is 11.2 Å². The second-order valence-electron chi connectivity index (χ2n) is 5.55. The first-order valence-corrected chi connectivity index (χ1v) is 7.79. The molecule has 0 aliphatic carbocycles. The summed E-state index contributed by atoms with van der Waals surface area (Å²) in [6.45, 7) is 0. The predicted octanol–water partition coefficient (Wildman–Crippen LogP) is 4.17. The Morgan fingerprint density at radius 3 is 2.56 bits per heavy atom. The number of ether oxygens (including phenoxy) is 1. The summed E-state index contributed by atoms with van der Waals surface area (Å²) in [4.78, 5) is 4.37. The molecule has 0 bridgehead atoms. The summed E-state index contributed by atoms with van der Waals surface area (Å²) in [6.07, 6.45) is 1.74. The lowest BCUT2D eigenvalue weighted by atomic mass is 9.98. The van der Waals surface area contributed by atoms with E-state index in [1.807, 2.05) is 54.6 Å². The van der Waals surface area contributed by atoms with Gasteiger partial charge in [0.15, 0.2) is 5.65 Å². The van der Waals surface area contributed by atoms with Gasteiger partial charge in [0.2, 0.25) is 0 Å². The van der Waals surface area contributed by atoms with E-state index in [-0.39, 0.29) is 0 Å². The molecule has 0 fully saturated rings.